The van der Waals surface area contributed by atoms with E-state index in [1.807, 2.05) is 0 Å². The molecule has 2 aliphatic rings. The molecule has 0 radical (unpaired) electrons. The second-order valence-electron chi connectivity index (χ2n) is 6.00. The van der Waals surface area contributed by atoms with Crippen molar-refractivity contribution in [3.8, 4) is 0 Å². The Hall–Kier alpha value is -0.0800. The van der Waals surface area contributed by atoms with Crippen molar-refractivity contribution < 1.29 is 4.74 Å². The van der Waals surface area contributed by atoms with E-state index in [1.54, 1.807) is 7.11 Å². The van der Waals surface area contributed by atoms with Gasteiger partial charge >= 0.3 is 0 Å². The molecule has 1 N–H and O–H groups in total. The highest BCUT2D eigenvalue weighted by Crippen LogP contribution is 2.60. The van der Waals surface area contributed by atoms with Gasteiger partial charge in [-0.1, -0.05) is 26.2 Å². The van der Waals surface area contributed by atoms with E-state index in [0.717, 1.165) is 30.4 Å². The van der Waals surface area contributed by atoms with Gasteiger partial charge in [0, 0.05) is 13.7 Å². The van der Waals surface area contributed by atoms with Gasteiger partial charge in [-0.25, -0.2) is 0 Å². The van der Waals surface area contributed by atoms with Gasteiger partial charge in [-0.15, -0.1) is 0 Å². The Balaban J connectivity index is 1.67. The summed E-state index contributed by atoms with van der Waals surface area (Å²) in [6, 6.07) is 0. The van der Waals surface area contributed by atoms with Crippen LogP contribution in [0.2, 0.25) is 0 Å². The fraction of sp³-hybridized carbons (Fsp3) is 1.00. The van der Waals surface area contributed by atoms with E-state index in [1.165, 1.54) is 45.1 Å². The Kier molecular flexibility index (Phi) is 4.26. The fourth-order valence-corrected chi connectivity index (χ4v) is 3.39. The minimum atomic E-state index is 0.755. The molecule has 2 saturated carbocycles. The molecule has 0 heterocycles. The molecule has 0 aromatic rings. The van der Waals surface area contributed by atoms with Crippen molar-refractivity contribution in [1.82, 2.24) is 5.32 Å². The molecule has 0 aliphatic heterocycles. The molecule has 2 rings (SSSR count). The molecule has 1 spiro atoms. The zero-order chi connectivity index (χ0) is 11.4. The van der Waals surface area contributed by atoms with Crippen LogP contribution in [-0.4, -0.2) is 26.8 Å². The van der Waals surface area contributed by atoms with E-state index >= 15 is 0 Å². The predicted octanol–water partition coefficient (Wildman–Crippen LogP) is 2.83. The van der Waals surface area contributed by atoms with Crippen LogP contribution in [0, 0.1) is 17.3 Å². The molecule has 16 heavy (non-hydrogen) atoms. The first-order valence-corrected chi connectivity index (χ1v) is 6.96. The zero-order valence-corrected chi connectivity index (χ0v) is 10.9. The van der Waals surface area contributed by atoms with Gasteiger partial charge in [0.2, 0.25) is 0 Å². The van der Waals surface area contributed by atoms with E-state index in [-0.39, 0.29) is 0 Å². The SMILES string of the molecule is COCCNCC1CC12CCCC(C)CC2. The molecule has 94 valence electrons. The number of nitrogens with one attached hydrogen (secondary N) is 1. The molecular formula is C14H27NO. The molecule has 0 saturated heterocycles. The van der Waals surface area contributed by atoms with Crippen molar-refractivity contribution in [2.45, 2.75) is 45.4 Å². The highest BCUT2D eigenvalue weighted by atomic mass is 16.5. The Labute approximate surface area is 100 Å². The van der Waals surface area contributed by atoms with Crippen molar-refractivity contribution in [1.29, 1.82) is 0 Å². The van der Waals surface area contributed by atoms with Crippen LogP contribution in [0.1, 0.15) is 45.4 Å². The summed E-state index contributed by atoms with van der Waals surface area (Å²) >= 11 is 0. The summed E-state index contributed by atoms with van der Waals surface area (Å²) in [6.07, 6.45) is 8.87. The van der Waals surface area contributed by atoms with Crippen LogP contribution in [0.5, 0.6) is 0 Å². The lowest BCUT2D eigenvalue weighted by atomic mass is 9.93. The molecule has 2 fully saturated rings. The Morgan fingerprint density at radius 3 is 3.00 bits per heavy atom. The lowest BCUT2D eigenvalue weighted by Gasteiger charge is -2.14. The number of rotatable bonds is 5. The van der Waals surface area contributed by atoms with Gasteiger partial charge in [-0.05, 0) is 43.1 Å². The lowest BCUT2D eigenvalue weighted by molar-refractivity contribution is 0.198. The average Bonchev–Trinajstić information content (AvgIpc) is 2.99. The number of hydrogen-bond donors (Lipinski definition) is 1. The number of methoxy groups -OCH3 is 1. The van der Waals surface area contributed by atoms with Gasteiger partial charge in [0.05, 0.1) is 6.61 Å². The second-order valence-corrected chi connectivity index (χ2v) is 6.00. The third-order valence-electron chi connectivity index (χ3n) is 4.74. The second kappa shape index (κ2) is 5.50. The summed E-state index contributed by atoms with van der Waals surface area (Å²) < 4.78 is 5.05. The third-order valence-corrected chi connectivity index (χ3v) is 4.74. The molecule has 0 aromatic carbocycles. The van der Waals surface area contributed by atoms with E-state index in [2.05, 4.69) is 12.2 Å². The maximum atomic E-state index is 5.05. The van der Waals surface area contributed by atoms with Gasteiger partial charge in [0.25, 0.3) is 0 Å². The number of ether oxygens (including phenoxy) is 1. The highest BCUT2D eigenvalue weighted by Gasteiger charge is 2.52. The standard InChI is InChI=1S/C14H27NO/c1-12-4-3-6-14(7-5-12)10-13(14)11-15-8-9-16-2/h12-13,15H,3-11H2,1-2H3. The third kappa shape index (κ3) is 2.98. The molecule has 2 aliphatic carbocycles. The van der Waals surface area contributed by atoms with E-state index in [9.17, 15) is 0 Å². The summed E-state index contributed by atoms with van der Waals surface area (Å²) in [7, 11) is 1.77. The van der Waals surface area contributed by atoms with Crippen LogP contribution >= 0.6 is 0 Å². The predicted molar refractivity (Wildman–Crippen MR) is 67.5 cm³/mol. The number of hydrogen-bond acceptors (Lipinski definition) is 2. The van der Waals surface area contributed by atoms with Crippen molar-refractivity contribution in [2.75, 3.05) is 26.8 Å². The Morgan fingerprint density at radius 1 is 1.31 bits per heavy atom. The highest BCUT2D eigenvalue weighted by molar-refractivity contribution is 5.03. The molecule has 0 bridgehead atoms. The van der Waals surface area contributed by atoms with Gasteiger partial charge in [0.15, 0.2) is 0 Å². The molecule has 0 aromatic heterocycles. The van der Waals surface area contributed by atoms with Crippen LogP contribution < -0.4 is 5.32 Å². The first-order valence-electron chi connectivity index (χ1n) is 6.96. The van der Waals surface area contributed by atoms with Crippen LogP contribution in [-0.2, 0) is 4.74 Å². The van der Waals surface area contributed by atoms with E-state index < -0.39 is 0 Å². The molecule has 0 amide bonds. The minimum absolute atomic E-state index is 0.755. The first-order chi connectivity index (χ1) is 7.77. The van der Waals surface area contributed by atoms with Crippen molar-refractivity contribution in [3.05, 3.63) is 0 Å². The van der Waals surface area contributed by atoms with Crippen LogP contribution in [0.25, 0.3) is 0 Å². The maximum absolute atomic E-state index is 5.05. The topological polar surface area (TPSA) is 21.3 Å². The van der Waals surface area contributed by atoms with E-state index in [0.29, 0.717) is 0 Å². The summed E-state index contributed by atoms with van der Waals surface area (Å²) in [5.41, 5.74) is 0.755. The van der Waals surface area contributed by atoms with Gasteiger partial charge in [-0.3, -0.25) is 0 Å². The lowest BCUT2D eigenvalue weighted by Crippen LogP contribution is -2.23. The van der Waals surface area contributed by atoms with E-state index in [4.69, 9.17) is 4.74 Å². The van der Waals surface area contributed by atoms with Crippen molar-refractivity contribution in [3.63, 3.8) is 0 Å². The van der Waals surface area contributed by atoms with Gasteiger partial charge in [0.1, 0.15) is 0 Å². The molecular weight excluding hydrogens is 198 g/mol. The smallest absolute Gasteiger partial charge is 0.0587 e. The summed E-state index contributed by atoms with van der Waals surface area (Å²) in [5, 5.41) is 3.53. The quantitative estimate of drug-likeness (QED) is 0.726. The largest absolute Gasteiger partial charge is 0.383 e. The van der Waals surface area contributed by atoms with Gasteiger partial charge in [-0.2, -0.15) is 0 Å². The van der Waals surface area contributed by atoms with Crippen molar-refractivity contribution in [2.24, 2.45) is 17.3 Å². The minimum Gasteiger partial charge on any atom is -0.383 e. The zero-order valence-electron chi connectivity index (χ0n) is 10.9. The summed E-state index contributed by atoms with van der Waals surface area (Å²) in [4.78, 5) is 0. The summed E-state index contributed by atoms with van der Waals surface area (Å²) in [6.45, 7) is 5.50. The van der Waals surface area contributed by atoms with Crippen LogP contribution in [0.15, 0.2) is 0 Å². The van der Waals surface area contributed by atoms with Gasteiger partial charge < -0.3 is 10.1 Å². The Bertz CT molecular complexity index is 219. The van der Waals surface area contributed by atoms with Crippen LogP contribution in [0.3, 0.4) is 0 Å². The molecule has 2 nitrogen and oxygen atoms in total. The molecule has 3 unspecified atom stereocenters. The molecule has 3 atom stereocenters. The fourth-order valence-electron chi connectivity index (χ4n) is 3.39. The van der Waals surface area contributed by atoms with Crippen LogP contribution in [0.4, 0.5) is 0 Å². The first kappa shape index (κ1) is 12.4. The average molecular weight is 225 g/mol. The Morgan fingerprint density at radius 2 is 2.19 bits per heavy atom. The summed E-state index contributed by atoms with van der Waals surface area (Å²) in [5.74, 6) is 1.94. The monoisotopic (exact) mass is 225 g/mol. The normalized spacial score (nSPS) is 38.6. The maximum Gasteiger partial charge on any atom is 0.0587 e. The molecule has 2 heteroatoms. The van der Waals surface area contributed by atoms with Crippen molar-refractivity contribution >= 4 is 0 Å².